The Morgan fingerprint density at radius 3 is 2.81 bits per heavy atom. The molecule has 1 aliphatic heterocycles. The molecule has 5 nitrogen and oxygen atoms in total. The molecule has 0 radical (unpaired) electrons. The van der Waals surface area contributed by atoms with Crippen molar-refractivity contribution in [1.29, 1.82) is 0 Å². The van der Waals surface area contributed by atoms with Crippen molar-refractivity contribution in [1.82, 2.24) is 19.0 Å². The molecule has 5 heteroatoms. The van der Waals surface area contributed by atoms with Crippen LogP contribution in [-0.4, -0.2) is 38.7 Å². The summed E-state index contributed by atoms with van der Waals surface area (Å²) in [6.45, 7) is 6.84. The molecule has 1 atom stereocenters. The van der Waals surface area contributed by atoms with Crippen LogP contribution in [-0.2, 0) is 18.0 Å². The van der Waals surface area contributed by atoms with Crippen molar-refractivity contribution in [2.45, 2.75) is 51.9 Å². The summed E-state index contributed by atoms with van der Waals surface area (Å²) in [4.78, 5) is 7.36. The topological polar surface area (TPSA) is 35.2 Å². The van der Waals surface area contributed by atoms with Crippen molar-refractivity contribution in [3.63, 3.8) is 0 Å². The summed E-state index contributed by atoms with van der Waals surface area (Å²) >= 11 is 0. The first-order valence-corrected chi connectivity index (χ1v) is 11.6. The number of hydrogen-bond donors (Lipinski definition) is 0. The van der Waals surface area contributed by atoms with Gasteiger partial charge in [0.2, 0.25) is 0 Å². The fourth-order valence-electron chi connectivity index (χ4n) is 4.92. The molecule has 162 valence electrons. The fraction of sp³-hybridized carbons (Fsp3) is 0.423. The number of fused-ring (bicyclic) bond motifs is 3. The van der Waals surface area contributed by atoms with Gasteiger partial charge in [0.15, 0.2) is 0 Å². The lowest BCUT2D eigenvalue weighted by molar-refractivity contribution is 0.0801. The second kappa shape index (κ2) is 9.25. The monoisotopic (exact) mass is 416 g/mol. The summed E-state index contributed by atoms with van der Waals surface area (Å²) < 4.78 is 10.4. The highest BCUT2D eigenvalue weighted by atomic mass is 16.5. The zero-order chi connectivity index (χ0) is 21.0. The molecule has 31 heavy (non-hydrogen) atoms. The van der Waals surface area contributed by atoms with Gasteiger partial charge in [0.05, 0.1) is 5.52 Å². The zero-order valence-corrected chi connectivity index (χ0v) is 18.4. The van der Waals surface area contributed by atoms with Crippen LogP contribution in [0.25, 0.3) is 21.9 Å². The van der Waals surface area contributed by atoms with E-state index in [1.54, 1.807) is 0 Å². The molecular weight excluding hydrogens is 384 g/mol. The maximum atomic E-state index is 5.76. The normalized spacial score (nSPS) is 18.0. The van der Waals surface area contributed by atoms with Gasteiger partial charge in [-0.25, -0.2) is 4.98 Å². The van der Waals surface area contributed by atoms with Crippen LogP contribution in [0.3, 0.4) is 0 Å². The first-order chi connectivity index (χ1) is 15.3. The molecule has 0 spiro atoms. The third kappa shape index (κ3) is 4.25. The lowest BCUT2D eigenvalue weighted by atomic mass is 10.1. The van der Waals surface area contributed by atoms with E-state index in [4.69, 9.17) is 9.72 Å². The number of hydrogen-bond acceptors (Lipinski definition) is 3. The lowest BCUT2D eigenvalue weighted by Crippen LogP contribution is -2.24. The van der Waals surface area contributed by atoms with E-state index in [0.717, 1.165) is 31.8 Å². The minimum Gasteiger partial charge on any atom is -0.361 e. The number of rotatable bonds is 7. The molecule has 0 aliphatic carbocycles. The largest absolute Gasteiger partial charge is 0.361 e. The van der Waals surface area contributed by atoms with Gasteiger partial charge >= 0.3 is 0 Å². The molecule has 1 aromatic carbocycles. The Morgan fingerprint density at radius 2 is 1.94 bits per heavy atom. The van der Waals surface area contributed by atoms with E-state index >= 15 is 0 Å². The number of likely N-dealkylation sites (tertiary alicyclic amines) is 1. The van der Waals surface area contributed by atoms with Gasteiger partial charge in [0.25, 0.3) is 0 Å². The second-order valence-electron chi connectivity index (χ2n) is 8.69. The molecule has 1 aliphatic rings. The summed E-state index contributed by atoms with van der Waals surface area (Å²) in [5.74, 6) is 0. The van der Waals surface area contributed by atoms with E-state index < -0.39 is 0 Å². The minimum atomic E-state index is 0.531. The highest BCUT2D eigenvalue weighted by Gasteiger charge is 2.21. The Labute approximate surface area is 184 Å². The van der Waals surface area contributed by atoms with Gasteiger partial charge in [-0.1, -0.05) is 37.3 Å². The highest BCUT2D eigenvalue weighted by molar-refractivity contribution is 6.03. The van der Waals surface area contributed by atoms with Crippen molar-refractivity contribution in [2.24, 2.45) is 0 Å². The molecule has 4 aromatic rings. The molecular formula is C26H32N4O. The van der Waals surface area contributed by atoms with Crippen molar-refractivity contribution in [3.8, 4) is 0 Å². The Kier molecular flexibility index (Phi) is 6.05. The van der Waals surface area contributed by atoms with Gasteiger partial charge in [-0.2, -0.15) is 0 Å². The average molecular weight is 417 g/mol. The molecule has 0 amide bonds. The summed E-state index contributed by atoms with van der Waals surface area (Å²) in [5.41, 5.74) is 3.75. The highest BCUT2D eigenvalue weighted by Crippen LogP contribution is 2.32. The number of aromatic nitrogens is 3. The van der Waals surface area contributed by atoms with Crippen LogP contribution in [0.2, 0.25) is 0 Å². The van der Waals surface area contributed by atoms with Crippen LogP contribution in [0.1, 0.15) is 44.2 Å². The second-order valence-corrected chi connectivity index (χ2v) is 8.69. The quantitative estimate of drug-likeness (QED) is 0.368. The van der Waals surface area contributed by atoms with Crippen LogP contribution in [0.4, 0.5) is 0 Å². The number of nitrogens with zero attached hydrogens (tertiary/aromatic N) is 4. The summed E-state index contributed by atoms with van der Waals surface area (Å²) in [6, 6.07) is 15.8. The van der Waals surface area contributed by atoms with Crippen molar-refractivity contribution in [3.05, 3.63) is 66.6 Å². The molecule has 1 fully saturated rings. The SMILES string of the molecule is CCCOCn1ccc2c1ncc1ccn(C3CCCN(Cc4ccccc4)CC3)c12. The first-order valence-electron chi connectivity index (χ1n) is 11.6. The molecule has 0 saturated carbocycles. The van der Waals surface area contributed by atoms with Crippen molar-refractivity contribution in [2.75, 3.05) is 19.7 Å². The van der Waals surface area contributed by atoms with E-state index in [2.05, 4.69) is 75.8 Å². The third-order valence-electron chi connectivity index (χ3n) is 6.47. The van der Waals surface area contributed by atoms with E-state index in [1.807, 2.05) is 6.20 Å². The Hall–Kier alpha value is -2.63. The number of pyridine rings is 1. The van der Waals surface area contributed by atoms with Crippen molar-refractivity contribution >= 4 is 21.9 Å². The van der Waals surface area contributed by atoms with Gasteiger partial charge in [-0.05, 0) is 49.9 Å². The van der Waals surface area contributed by atoms with Crippen LogP contribution in [0.15, 0.2) is 61.1 Å². The first kappa shape index (κ1) is 20.3. The third-order valence-corrected chi connectivity index (χ3v) is 6.47. The Bertz CT molecular complexity index is 1130. The zero-order valence-electron chi connectivity index (χ0n) is 18.4. The van der Waals surface area contributed by atoms with Gasteiger partial charge in [0, 0.05) is 55.1 Å². The van der Waals surface area contributed by atoms with Crippen LogP contribution < -0.4 is 0 Å². The van der Waals surface area contributed by atoms with E-state index in [1.165, 1.54) is 47.7 Å². The average Bonchev–Trinajstić information content (AvgIpc) is 3.33. The summed E-state index contributed by atoms with van der Waals surface area (Å²) in [7, 11) is 0. The molecule has 0 N–H and O–H groups in total. The maximum absolute atomic E-state index is 5.76. The predicted octanol–water partition coefficient (Wildman–Crippen LogP) is 5.60. The van der Waals surface area contributed by atoms with Crippen molar-refractivity contribution < 1.29 is 4.74 Å². The Balaban J connectivity index is 1.37. The standard InChI is InChI=1S/C26H32N4O/c1-2-17-31-20-29-15-12-24-25-22(18-27-26(24)29)10-16-30(25)23-9-6-13-28(14-11-23)19-21-7-4-3-5-8-21/h3-5,7-8,10,12,15-16,18,23H,2,6,9,11,13-14,17,19-20H2,1H3. The molecule has 4 heterocycles. The van der Waals surface area contributed by atoms with Crippen LogP contribution in [0, 0.1) is 0 Å². The van der Waals surface area contributed by atoms with Gasteiger partial charge in [-0.15, -0.1) is 0 Å². The van der Waals surface area contributed by atoms with Gasteiger partial charge in [0.1, 0.15) is 12.4 Å². The van der Waals surface area contributed by atoms with Gasteiger partial charge in [-0.3, -0.25) is 4.90 Å². The van der Waals surface area contributed by atoms with E-state index in [-0.39, 0.29) is 0 Å². The molecule has 0 bridgehead atoms. The van der Waals surface area contributed by atoms with Crippen LogP contribution in [0.5, 0.6) is 0 Å². The van der Waals surface area contributed by atoms with E-state index in [9.17, 15) is 0 Å². The van der Waals surface area contributed by atoms with E-state index in [0.29, 0.717) is 12.8 Å². The molecule has 1 unspecified atom stereocenters. The summed E-state index contributed by atoms with van der Waals surface area (Å²) in [6.07, 6.45) is 11.1. The molecule has 3 aromatic heterocycles. The number of ether oxygens (including phenoxy) is 1. The fourth-order valence-corrected chi connectivity index (χ4v) is 4.92. The number of benzene rings is 1. The summed E-state index contributed by atoms with van der Waals surface area (Å²) in [5, 5.41) is 2.46. The van der Waals surface area contributed by atoms with Gasteiger partial charge < -0.3 is 13.9 Å². The minimum absolute atomic E-state index is 0.531. The lowest BCUT2D eigenvalue weighted by Gasteiger charge is -2.21. The molecule has 5 rings (SSSR count). The molecule has 1 saturated heterocycles. The maximum Gasteiger partial charge on any atom is 0.143 e. The Morgan fingerprint density at radius 1 is 1.03 bits per heavy atom. The smallest absolute Gasteiger partial charge is 0.143 e. The van der Waals surface area contributed by atoms with Crippen LogP contribution >= 0.6 is 0 Å². The predicted molar refractivity (Wildman–Crippen MR) is 126 cm³/mol.